The molecular weight excluding hydrogens is 215 g/mol. The zero-order valence-electron chi connectivity index (χ0n) is 9.73. The molecule has 0 saturated heterocycles. The Hall–Kier alpha value is -1.33. The predicted molar refractivity (Wildman–Crippen MR) is 73.5 cm³/mol. The highest BCUT2D eigenvalue weighted by molar-refractivity contribution is 6.92. The van der Waals surface area contributed by atoms with Crippen molar-refractivity contribution in [3.8, 4) is 11.5 Å². The summed E-state index contributed by atoms with van der Waals surface area (Å²) in [6, 6.07) is 16.1. The van der Waals surface area contributed by atoms with E-state index in [2.05, 4.69) is 26.0 Å². The van der Waals surface area contributed by atoms with Crippen molar-refractivity contribution in [3.63, 3.8) is 0 Å². The van der Waals surface area contributed by atoms with Gasteiger partial charge >= 0.3 is 0 Å². The number of aryl methyl sites for hydroxylation is 2. The van der Waals surface area contributed by atoms with Crippen molar-refractivity contribution < 1.29 is 4.74 Å². The number of hydrogen-bond donors (Lipinski definition) is 0. The van der Waals surface area contributed by atoms with Crippen molar-refractivity contribution in [1.82, 2.24) is 0 Å². The number of benzene rings is 2. The molecule has 2 aromatic rings. The molecule has 2 aromatic carbocycles. The van der Waals surface area contributed by atoms with Crippen LogP contribution in [0.5, 0.6) is 11.5 Å². The van der Waals surface area contributed by atoms with Gasteiger partial charge in [0, 0.05) is 0 Å². The van der Waals surface area contributed by atoms with Crippen LogP contribution < -0.4 is 4.74 Å². The lowest BCUT2D eigenvalue weighted by atomic mass is 10.2. The van der Waals surface area contributed by atoms with Crippen molar-refractivity contribution in [3.05, 3.63) is 59.7 Å². The maximum atomic E-state index is 5.74. The highest BCUT2D eigenvalue weighted by Gasteiger charge is 1.96. The highest BCUT2D eigenvalue weighted by atomic mass is 31.0. The molecule has 0 aliphatic rings. The van der Waals surface area contributed by atoms with E-state index in [-0.39, 0.29) is 9.90 Å². The SMILES string of the molecule is Cc1cccc(Oc2cccc(C)c2)c1.P. The fourth-order valence-corrected chi connectivity index (χ4v) is 1.49. The van der Waals surface area contributed by atoms with Gasteiger partial charge < -0.3 is 4.74 Å². The van der Waals surface area contributed by atoms with E-state index >= 15 is 0 Å². The van der Waals surface area contributed by atoms with Crippen LogP contribution in [0.25, 0.3) is 0 Å². The molecule has 0 bridgehead atoms. The Labute approximate surface area is 100 Å². The van der Waals surface area contributed by atoms with Crippen molar-refractivity contribution in [1.29, 1.82) is 0 Å². The second kappa shape index (κ2) is 5.67. The molecule has 1 nitrogen and oxygen atoms in total. The molecule has 0 saturated carbocycles. The van der Waals surface area contributed by atoms with E-state index in [4.69, 9.17) is 4.74 Å². The van der Waals surface area contributed by atoms with Crippen molar-refractivity contribution in [2.75, 3.05) is 0 Å². The lowest BCUT2D eigenvalue weighted by molar-refractivity contribution is 0.482. The molecule has 0 aromatic heterocycles. The van der Waals surface area contributed by atoms with Crippen LogP contribution in [0.4, 0.5) is 0 Å². The van der Waals surface area contributed by atoms with Crippen LogP contribution in [0.2, 0.25) is 0 Å². The van der Waals surface area contributed by atoms with Crippen LogP contribution in [-0.2, 0) is 0 Å². The van der Waals surface area contributed by atoms with Crippen LogP contribution >= 0.6 is 9.90 Å². The first-order chi connectivity index (χ1) is 7.24. The Morgan fingerprint density at radius 1 is 0.750 bits per heavy atom. The van der Waals surface area contributed by atoms with E-state index in [0.717, 1.165) is 11.5 Å². The van der Waals surface area contributed by atoms with Crippen molar-refractivity contribution >= 4 is 9.90 Å². The van der Waals surface area contributed by atoms with Crippen LogP contribution in [0.3, 0.4) is 0 Å². The normalized spacial score (nSPS) is 9.38. The van der Waals surface area contributed by atoms with Gasteiger partial charge in [0.15, 0.2) is 0 Å². The summed E-state index contributed by atoms with van der Waals surface area (Å²) in [5.74, 6) is 1.78. The van der Waals surface area contributed by atoms with Gasteiger partial charge in [-0.1, -0.05) is 24.3 Å². The minimum absolute atomic E-state index is 0. The average molecular weight is 232 g/mol. The molecule has 2 rings (SSSR count). The van der Waals surface area contributed by atoms with Gasteiger partial charge in [0.2, 0.25) is 0 Å². The molecule has 16 heavy (non-hydrogen) atoms. The van der Waals surface area contributed by atoms with Crippen molar-refractivity contribution in [2.45, 2.75) is 13.8 Å². The predicted octanol–water partition coefficient (Wildman–Crippen LogP) is 4.15. The third kappa shape index (κ3) is 3.36. The molecule has 1 atom stereocenters. The van der Waals surface area contributed by atoms with E-state index in [1.54, 1.807) is 0 Å². The van der Waals surface area contributed by atoms with Gasteiger partial charge in [0.05, 0.1) is 0 Å². The summed E-state index contributed by atoms with van der Waals surface area (Å²) in [5.41, 5.74) is 2.42. The average Bonchev–Trinajstić information content (AvgIpc) is 2.17. The fourth-order valence-electron chi connectivity index (χ4n) is 1.49. The zero-order chi connectivity index (χ0) is 10.7. The van der Waals surface area contributed by atoms with E-state index < -0.39 is 0 Å². The summed E-state index contributed by atoms with van der Waals surface area (Å²) in [4.78, 5) is 0. The Morgan fingerprint density at radius 2 is 1.19 bits per heavy atom. The third-order valence-corrected chi connectivity index (χ3v) is 2.21. The van der Waals surface area contributed by atoms with Gasteiger partial charge in [0.25, 0.3) is 0 Å². The van der Waals surface area contributed by atoms with Gasteiger partial charge in [-0.05, 0) is 49.2 Å². The maximum Gasteiger partial charge on any atom is 0.127 e. The summed E-state index contributed by atoms with van der Waals surface area (Å²) in [5, 5.41) is 0. The van der Waals surface area contributed by atoms with Gasteiger partial charge in [0.1, 0.15) is 11.5 Å². The summed E-state index contributed by atoms with van der Waals surface area (Å²) in [7, 11) is 0. The first-order valence-corrected chi connectivity index (χ1v) is 5.05. The molecule has 0 heterocycles. The summed E-state index contributed by atoms with van der Waals surface area (Å²) in [6.45, 7) is 4.12. The van der Waals surface area contributed by atoms with Crippen LogP contribution in [0.1, 0.15) is 11.1 Å². The van der Waals surface area contributed by atoms with E-state index in [0.29, 0.717) is 0 Å². The molecule has 0 N–H and O–H groups in total. The number of rotatable bonds is 2. The molecule has 0 spiro atoms. The third-order valence-electron chi connectivity index (χ3n) is 2.21. The molecule has 0 amide bonds. The molecule has 0 radical (unpaired) electrons. The van der Waals surface area contributed by atoms with Gasteiger partial charge in [-0.15, -0.1) is 0 Å². The minimum Gasteiger partial charge on any atom is -0.457 e. The van der Waals surface area contributed by atoms with E-state index in [9.17, 15) is 0 Å². The second-order valence-corrected chi connectivity index (χ2v) is 3.74. The molecule has 84 valence electrons. The smallest absolute Gasteiger partial charge is 0.127 e. The quantitative estimate of drug-likeness (QED) is 0.706. The van der Waals surface area contributed by atoms with Gasteiger partial charge in [-0.2, -0.15) is 9.90 Å². The summed E-state index contributed by atoms with van der Waals surface area (Å²) >= 11 is 0. The molecule has 0 aliphatic heterocycles. The molecular formula is C14H17OP. The first-order valence-electron chi connectivity index (χ1n) is 5.05. The molecule has 1 unspecified atom stereocenters. The second-order valence-electron chi connectivity index (χ2n) is 3.74. The maximum absolute atomic E-state index is 5.74. The van der Waals surface area contributed by atoms with Crippen LogP contribution in [0, 0.1) is 13.8 Å². The Bertz CT molecular complexity index is 422. The first kappa shape index (κ1) is 12.7. The minimum atomic E-state index is 0. The van der Waals surface area contributed by atoms with E-state index in [1.165, 1.54) is 11.1 Å². The summed E-state index contributed by atoms with van der Waals surface area (Å²) < 4.78 is 5.74. The van der Waals surface area contributed by atoms with Crippen molar-refractivity contribution in [2.24, 2.45) is 0 Å². The number of hydrogen-bond acceptors (Lipinski definition) is 1. The molecule has 0 aliphatic carbocycles. The zero-order valence-corrected chi connectivity index (χ0v) is 11.1. The Balaban J connectivity index is 0.00000128. The monoisotopic (exact) mass is 232 g/mol. The van der Waals surface area contributed by atoms with E-state index in [1.807, 2.05) is 36.4 Å². The highest BCUT2D eigenvalue weighted by Crippen LogP contribution is 2.22. The van der Waals surface area contributed by atoms with Gasteiger partial charge in [-0.25, -0.2) is 0 Å². The molecule has 2 heteroatoms. The lowest BCUT2D eigenvalue weighted by Gasteiger charge is -2.06. The largest absolute Gasteiger partial charge is 0.457 e. The fraction of sp³-hybridized carbons (Fsp3) is 0.143. The van der Waals surface area contributed by atoms with Crippen LogP contribution in [0.15, 0.2) is 48.5 Å². The molecule has 0 fully saturated rings. The topological polar surface area (TPSA) is 9.23 Å². The lowest BCUT2D eigenvalue weighted by Crippen LogP contribution is -1.84. The summed E-state index contributed by atoms with van der Waals surface area (Å²) in [6.07, 6.45) is 0. The standard InChI is InChI=1S/C14H14O.H3P/c1-11-5-3-7-13(9-11)15-14-8-4-6-12(2)10-14;/h3-10H,1-2H3;1H3. The Kier molecular flexibility index (Phi) is 4.52. The van der Waals surface area contributed by atoms with Crippen LogP contribution in [-0.4, -0.2) is 0 Å². The Morgan fingerprint density at radius 3 is 1.56 bits per heavy atom. The van der Waals surface area contributed by atoms with Gasteiger partial charge in [-0.3, -0.25) is 0 Å². The number of ether oxygens (including phenoxy) is 1.